The maximum Gasteiger partial charge on any atom is 0.280 e. The Morgan fingerprint density at radius 2 is 1.03 bits per heavy atom. The zero-order valence-electron chi connectivity index (χ0n) is 16.9. The fraction of sp³-hybridized carbons (Fsp3) is 0. The summed E-state index contributed by atoms with van der Waals surface area (Å²) < 4.78 is 24.1. The van der Waals surface area contributed by atoms with Gasteiger partial charge in [-0.1, -0.05) is 78.9 Å². The summed E-state index contributed by atoms with van der Waals surface area (Å²) in [6.07, 6.45) is 0. The summed E-state index contributed by atoms with van der Waals surface area (Å²) in [6.45, 7) is 0. The minimum atomic E-state index is -3.34. The highest BCUT2D eigenvalue weighted by molar-refractivity contribution is 7.91. The zero-order valence-corrected chi connectivity index (χ0v) is 17.7. The lowest BCUT2D eigenvalue weighted by Gasteiger charge is -2.03. The van der Waals surface area contributed by atoms with Crippen molar-refractivity contribution < 1.29 is 18.1 Å². The first-order valence-electron chi connectivity index (χ1n) is 9.59. The number of hydrogen-bond donors (Lipinski definition) is 0. The first kappa shape index (κ1) is 22.6. The molecule has 0 aliphatic heterocycles. The van der Waals surface area contributed by atoms with Crippen LogP contribution in [-0.2, 0) is 9.84 Å². The quantitative estimate of drug-likeness (QED) is 0.235. The van der Waals surface area contributed by atoms with Crippen LogP contribution in [0.4, 0.5) is 5.69 Å². The molecule has 0 atom stereocenters. The van der Waals surface area contributed by atoms with Crippen LogP contribution in [0.5, 0.6) is 0 Å². The Labute approximate surface area is 185 Å². The van der Waals surface area contributed by atoms with Crippen LogP contribution in [0.1, 0.15) is 15.9 Å². The standard InChI is InChI=1S/C13H9NO3.C12H10O2S/c15-13(10-6-2-1-3-7-10)11-8-4-5-9-12(11)14(16)17;13-15(14,11-7-3-1-4-8-11)12-9-5-2-6-10-12/h1-9H;1-10H. The van der Waals surface area contributed by atoms with E-state index in [1.807, 2.05) is 0 Å². The molecular weight excluding hydrogens is 426 g/mol. The number of hydrogen-bond acceptors (Lipinski definition) is 5. The summed E-state index contributed by atoms with van der Waals surface area (Å²) in [7, 11) is -3.34. The number of carbonyl (C=O) groups is 1. The molecule has 0 fully saturated rings. The van der Waals surface area contributed by atoms with Gasteiger partial charge in [0, 0.05) is 11.6 Å². The van der Waals surface area contributed by atoms with Crippen LogP contribution >= 0.6 is 0 Å². The molecule has 0 saturated heterocycles. The van der Waals surface area contributed by atoms with Crippen molar-refractivity contribution in [3.8, 4) is 0 Å². The van der Waals surface area contributed by atoms with E-state index in [0.717, 1.165) is 0 Å². The largest absolute Gasteiger partial charge is 0.288 e. The van der Waals surface area contributed by atoms with E-state index in [-0.39, 0.29) is 17.0 Å². The molecule has 0 spiro atoms. The number of sulfone groups is 1. The molecule has 0 aliphatic rings. The van der Waals surface area contributed by atoms with Crippen molar-refractivity contribution in [1.29, 1.82) is 0 Å². The van der Waals surface area contributed by atoms with Crippen molar-refractivity contribution in [3.05, 3.63) is 137 Å². The maximum atomic E-state index is 12.1. The molecule has 0 aromatic heterocycles. The van der Waals surface area contributed by atoms with Crippen molar-refractivity contribution in [2.75, 3.05) is 0 Å². The van der Waals surface area contributed by atoms with Crippen LogP contribution in [0.15, 0.2) is 125 Å². The normalized spacial score (nSPS) is 10.5. The van der Waals surface area contributed by atoms with Gasteiger partial charge < -0.3 is 0 Å². The van der Waals surface area contributed by atoms with Crippen molar-refractivity contribution >= 4 is 21.3 Å². The smallest absolute Gasteiger partial charge is 0.280 e. The Balaban J connectivity index is 0.000000182. The van der Waals surface area contributed by atoms with Gasteiger partial charge >= 0.3 is 0 Å². The number of benzene rings is 4. The number of nitrogens with zero attached hydrogens (tertiary/aromatic N) is 1. The predicted octanol–water partition coefficient (Wildman–Crippen LogP) is 5.35. The van der Waals surface area contributed by atoms with Crippen LogP contribution in [0.3, 0.4) is 0 Å². The lowest BCUT2D eigenvalue weighted by Crippen LogP contribution is -2.04. The Bertz CT molecular complexity index is 1260. The average molecular weight is 445 g/mol. The molecule has 4 aromatic carbocycles. The lowest BCUT2D eigenvalue weighted by atomic mass is 10.0. The maximum absolute atomic E-state index is 12.1. The summed E-state index contributed by atoms with van der Waals surface area (Å²) in [4.78, 5) is 23.0. The van der Waals surface area contributed by atoms with E-state index in [0.29, 0.717) is 15.4 Å². The molecule has 6 nitrogen and oxygen atoms in total. The van der Waals surface area contributed by atoms with Gasteiger partial charge in [0.25, 0.3) is 5.69 Å². The molecule has 0 N–H and O–H groups in total. The van der Waals surface area contributed by atoms with Gasteiger partial charge in [0.1, 0.15) is 5.56 Å². The molecule has 160 valence electrons. The van der Waals surface area contributed by atoms with Gasteiger partial charge in [0.05, 0.1) is 14.7 Å². The van der Waals surface area contributed by atoms with Crippen LogP contribution in [-0.4, -0.2) is 19.1 Å². The van der Waals surface area contributed by atoms with Gasteiger partial charge in [-0.3, -0.25) is 14.9 Å². The highest BCUT2D eigenvalue weighted by Crippen LogP contribution is 2.21. The highest BCUT2D eigenvalue weighted by atomic mass is 32.2. The zero-order chi connectivity index (χ0) is 23.0. The second kappa shape index (κ2) is 10.3. The van der Waals surface area contributed by atoms with E-state index in [1.165, 1.54) is 12.1 Å². The average Bonchev–Trinajstić information content (AvgIpc) is 2.85. The highest BCUT2D eigenvalue weighted by Gasteiger charge is 2.20. The molecule has 32 heavy (non-hydrogen) atoms. The molecule has 4 rings (SSSR count). The van der Waals surface area contributed by atoms with E-state index in [1.54, 1.807) is 103 Å². The van der Waals surface area contributed by atoms with E-state index in [2.05, 4.69) is 0 Å². The molecule has 0 aliphatic carbocycles. The number of para-hydroxylation sites is 1. The van der Waals surface area contributed by atoms with Crippen LogP contribution in [0.2, 0.25) is 0 Å². The number of nitro groups is 1. The SMILES string of the molecule is O=C(c1ccccc1)c1ccccc1[N+](=O)[O-].O=S(=O)(c1ccccc1)c1ccccc1. The van der Waals surface area contributed by atoms with Crippen molar-refractivity contribution in [3.63, 3.8) is 0 Å². The topological polar surface area (TPSA) is 94.3 Å². The van der Waals surface area contributed by atoms with Crippen molar-refractivity contribution in [2.45, 2.75) is 9.79 Å². The minimum absolute atomic E-state index is 0.115. The predicted molar refractivity (Wildman–Crippen MR) is 121 cm³/mol. The number of nitro benzene ring substituents is 1. The summed E-state index contributed by atoms with van der Waals surface area (Å²) in [6, 6.07) is 31.3. The summed E-state index contributed by atoms with van der Waals surface area (Å²) in [5, 5.41) is 10.8. The molecule has 0 amide bonds. The van der Waals surface area contributed by atoms with Crippen molar-refractivity contribution in [1.82, 2.24) is 0 Å². The van der Waals surface area contributed by atoms with Gasteiger partial charge in [-0.25, -0.2) is 8.42 Å². The number of ketones is 1. The first-order chi connectivity index (χ1) is 15.4. The van der Waals surface area contributed by atoms with E-state index < -0.39 is 14.8 Å². The molecular formula is C25H19NO5S. The minimum Gasteiger partial charge on any atom is -0.288 e. The molecule has 0 bridgehead atoms. The summed E-state index contributed by atoms with van der Waals surface area (Å²) in [5.41, 5.74) is 0.395. The Morgan fingerprint density at radius 3 is 1.50 bits per heavy atom. The Hall–Kier alpha value is -4.10. The van der Waals surface area contributed by atoms with E-state index in [4.69, 9.17) is 0 Å². The number of carbonyl (C=O) groups excluding carboxylic acids is 1. The van der Waals surface area contributed by atoms with E-state index in [9.17, 15) is 23.3 Å². The fourth-order valence-corrected chi connectivity index (χ4v) is 4.21. The molecule has 0 radical (unpaired) electrons. The van der Waals surface area contributed by atoms with Gasteiger partial charge in [-0.05, 0) is 30.3 Å². The van der Waals surface area contributed by atoms with Crippen molar-refractivity contribution in [2.24, 2.45) is 0 Å². The Kier molecular flexibility index (Phi) is 7.25. The summed E-state index contributed by atoms with van der Waals surface area (Å²) >= 11 is 0. The van der Waals surface area contributed by atoms with Gasteiger partial charge in [0.2, 0.25) is 9.84 Å². The van der Waals surface area contributed by atoms with Crippen LogP contribution in [0.25, 0.3) is 0 Å². The van der Waals surface area contributed by atoms with Gasteiger partial charge in [-0.2, -0.15) is 0 Å². The lowest BCUT2D eigenvalue weighted by molar-refractivity contribution is -0.385. The Morgan fingerprint density at radius 1 is 0.625 bits per heavy atom. The third kappa shape index (κ3) is 5.33. The molecule has 4 aromatic rings. The fourth-order valence-electron chi connectivity index (χ4n) is 2.91. The third-order valence-electron chi connectivity index (χ3n) is 4.49. The van der Waals surface area contributed by atoms with Crippen LogP contribution in [0, 0.1) is 10.1 Å². The number of rotatable bonds is 5. The third-order valence-corrected chi connectivity index (χ3v) is 6.27. The second-order valence-corrected chi connectivity index (χ2v) is 8.55. The monoisotopic (exact) mass is 445 g/mol. The van der Waals surface area contributed by atoms with Gasteiger partial charge in [0.15, 0.2) is 5.78 Å². The van der Waals surface area contributed by atoms with Gasteiger partial charge in [-0.15, -0.1) is 0 Å². The molecule has 0 heterocycles. The molecule has 0 saturated carbocycles. The summed E-state index contributed by atoms with van der Waals surface area (Å²) in [5.74, 6) is -0.335. The van der Waals surface area contributed by atoms with E-state index >= 15 is 0 Å². The second-order valence-electron chi connectivity index (χ2n) is 6.60. The first-order valence-corrected chi connectivity index (χ1v) is 11.1. The molecule has 7 heteroatoms. The van der Waals surface area contributed by atoms with Crippen LogP contribution < -0.4 is 0 Å². The molecule has 0 unspecified atom stereocenters.